The van der Waals surface area contributed by atoms with Gasteiger partial charge < -0.3 is 15.5 Å². The topological polar surface area (TPSA) is 61.4 Å². The molecule has 5 nitrogen and oxygen atoms in total. The van der Waals surface area contributed by atoms with Gasteiger partial charge in [-0.1, -0.05) is 13.0 Å². The number of likely N-dealkylation sites (tertiary alicyclic amines) is 1. The number of halogens is 2. The standard InChI is InChI=1S/C18H25F2N3O2/c1-2-8-21-17(24)14-6-10-23(11-7-14)18(25)22-9-5-13-3-4-15(19)12-16(13)20/h3-4,12,14H,2,5-11H2,1H3,(H,21,24)(H,22,25). The Balaban J connectivity index is 1.71. The molecule has 0 atom stereocenters. The van der Waals surface area contributed by atoms with E-state index in [1.807, 2.05) is 6.92 Å². The molecular formula is C18H25F2N3O2. The second-order valence-electron chi connectivity index (χ2n) is 6.27. The quantitative estimate of drug-likeness (QED) is 0.825. The van der Waals surface area contributed by atoms with Crippen LogP contribution in [0.2, 0.25) is 0 Å². The monoisotopic (exact) mass is 353 g/mol. The second-order valence-corrected chi connectivity index (χ2v) is 6.27. The first-order valence-corrected chi connectivity index (χ1v) is 8.75. The van der Waals surface area contributed by atoms with Crippen molar-refractivity contribution < 1.29 is 18.4 Å². The van der Waals surface area contributed by atoms with Crippen LogP contribution in [0.4, 0.5) is 13.6 Å². The SMILES string of the molecule is CCCNC(=O)C1CCN(C(=O)NCCc2ccc(F)cc2F)CC1. The first-order chi connectivity index (χ1) is 12.0. The first-order valence-electron chi connectivity index (χ1n) is 8.75. The number of nitrogens with zero attached hydrogens (tertiary/aromatic N) is 1. The van der Waals surface area contributed by atoms with Gasteiger partial charge >= 0.3 is 6.03 Å². The molecule has 138 valence electrons. The Hall–Kier alpha value is -2.18. The maximum Gasteiger partial charge on any atom is 0.317 e. The van der Waals surface area contributed by atoms with Crippen LogP contribution in [0.5, 0.6) is 0 Å². The average Bonchev–Trinajstić information content (AvgIpc) is 2.61. The number of benzene rings is 1. The van der Waals surface area contributed by atoms with Gasteiger partial charge in [-0.05, 0) is 37.3 Å². The average molecular weight is 353 g/mol. The van der Waals surface area contributed by atoms with Gasteiger partial charge in [-0.15, -0.1) is 0 Å². The van der Waals surface area contributed by atoms with Gasteiger partial charge in [0.05, 0.1) is 0 Å². The summed E-state index contributed by atoms with van der Waals surface area (Å²) in [5.41, 5.74) is 0.369. The summed E-state index contributed by atoms with van der Waals surface area (Å²) in [5, 5.41) is 5.63. The highest BCUT2D eigenvalue weighted by atomic mass is 19.1. The summed E-state index contributed by atoms with van der Waals surface area (Å²) in [4.78, 5) is 25.7. The number of piperidine rings is 1. The minimum atomic E-state index is -0.615. The molecule has 0 aliphatic carbocycles. The van der Waals surface area contributed by atoms with E-state index in [-0.39, 0.29) is 24.4 Å². The van der Waals surface area contributed by atoms with Crippen LogP contribution < -0.4 is 10.6 Å². The predicted molar refractivity (Wildman–Crippen MR) is 91.1 cm³/mol. The molecule has 7 heteroatoms. The number of nitrogens with one attached hydrogen (secondary N) is 2. The Morgan fingerprint density at radius 3 is 2.52 bits per heavy atom. The normalized spacial score (nSPS) is 15.1. The molecule has 0 aromatic heterocycles. The van der Waals surface area contributed by atoms with E-state index in [0.717, 1.165) is 12.5 Å². The lowest BCUT2D eigenvalue weighted by Crippen LogP contribution is -2.47. The van der Waals surface area contributed by atoms with Gasteiger partial charge in [-0.25, -0.2) is 13.6 Å². The molecule has 2 rings (SSSR count). The van der Waals surface area contributed by atoms with Gasteiger partial charge in [0.1, 0.15) is 11.6 Å². The lowest BCUT2D eigenvalue weighted by atomic mass is 9.96. The smallest absolute Gasteiger partial charge is 0.317 e. The van der Waals surface area contributed by atoms with E-state index in [1.54, 1.807) is 4.90 Å². The molecule has 25 heavy (non-hydrogen) atoms. The largest absolute Gasteiger partial charge is 0.356 e. The molecule has 1 saturated heterocycles. The van der Waals surface area contributed by atoms with Gasteiger partial charge in [0.15, 0.2) is 0 Å². The first kappa shape index (κ1) is 19.1. The van der Waals surface area contributed by atoms with Crippen LogP contribution in [0.15, 0.2) is 18.2 Å². The molecule has 0 bridgehead atoms. The van der Waals surface area contributed by atoms with E-state index in [1.165, 1.54) is 12.1 Å². The Bertz CT molecular complexity index is 602. The molecule has 0 unspecified atom stereocenters. The fraction of sp³-hybridized carbons (Fsp3) is 0.556. The number of carbonyl (C=O) groups is 2. The van der Waals surface area contributed by atoms with Crippen LogP contribution in [0.25, 0.3) is 0 Å². The zero-order valence-corrected chi connectivity index (χ0v) is 14.5. The molecule has 1 heterocycles. The van der Waals surface area contributed by atoms with Crippen molar-refractivity contribution in [2.24, 2.45) is 5.92 Å². The van der Waals surface area contributed by atoms with Gasteiger partial charge in [-0.3, -0.25) is 4.79 Å². The fourth-order valence-electron chi connectivity index (χ4n) is 2.88. The maximum absolute atomic E-state index is 13.5. The Morgan fingerprint density at radius 1 is 1.16 bits per heavy atom. The summed E-state index contributed by atoms with van der Waals surface area (Å²) in [5.74, 6) is -1.19. The molecule has 2 N–H and O–H groups in total. The molecule has 0 radical (unpaired) electrons. The van der Waals surface area contributed by atoms with Crippen molar-refractivity contribution in [1.82, 2.24) is 15.5 Å². The lowest BCUT2D eigenvalue weighted by molar-refractivity contribution is -0.126. The summed E-state index contributed by atoms with van der Waals surface area (Å²) in [6, 6.07) is 3.21. The van der Waals surface area contributed by atoms with Crippen molar-refractivity contribution in [3.05, 3.63) is 35.4 Å². The molecule has 3 amide bonds. The van der Waals surface area contributed by atoms with Gasteiger partial charge in [0.2, 0.25) is 5.91 Å². The van der Waals surface area contributed by atoms with Crippen molar-refractivity contribution in [2.45, 2.75) is 32.6 Å². The van der Waals surface area contributed by atoms with Crippen LogP contribution in [0.1, 0.15) is 31.7 Å². The Kier molecular flexibility index (Phi) is 7.16. The molecule has 1 fully saturated rings. The summed E-state index contributed by atoms with van der Waals surface area (Å²) in [6.07, 6.45) is 2.50. The zero-order valence-electron chi connectivity index (χ0n) is 14.5. The highest BCUT2D eigenvalue weighted by Crippen LogP contribution is 2.17. The van der Waals surface area contributed by atoms with Gasteiger partial charge in [0.25, 0.3) is 0 Å². The number of urea groups is 1. The summed E-state index contributed by atoms with van der Waals surface area (Å²) >= 11 is 0. The second kappa shape index (κ2) is 9.34. The lowest BCUT2D eigenvalue weighted by Gasteiger charge is -2.31. The molecule has 1 aliphatic rings. The van der Waals surface area contributed by atoms with Gasteiger partial charge in [-0.2, -0.15) is 0 Å². The minimum Gasteiger partial charge on any atom is -0.356 e. The van der Waals surface area contributed by atoms with Crippen molar-refractivity contribution >= 4 is 11.9 Å². The third-order valence-corrected chi connectivity index (χ3v) is 4.39. The number of carbonyl (C=O) groups excluding carboxylic acids is 2. The summed E-state index contributed by atoms with van der Waals surface area (Å²) in [7, 11) is 0. The van der Waals surface area contributed by atoms with Crippen molar-refractivity contribution in [3.8, 4) is 0 Å². The molecule has 1 aliphatic heterocycles. The van der Waals surface area contributed by atoms with E-state index in [9.17, 15) is 18.4 Å². The van der Waals surface area contributed by atoms with E-state index < -0.39 is 11.6 Å². The minimum absolute atomic E-state index is 0.0380. The highest BCUT2D eigenvalue weighted by molar-refractivity contribution is 5.79. The summed E-state index contributed by atoms with van der Waals surface area (Å²) < 4.78 is 26.4. The van der Waals surface area contributed by atoms with Crippen LogP contribution in [0.3, 0.4) is 0 Å². The maximum atomic E-state index is 13.5. The number of rotatable bonds is 6. The molecule has 1 aromatic carbocycles. The van der Waals surface area contributed by atoms with Crippen molar-refractivity contribution in [2.75, 3.05) is 26.2 Å². The third-order valence-electron chi connectivity index (χ3n) is 4.39. The number of hydrogen-bond acceptors (Lipinski definition) is 2. The van der Waals surface area contributed by atoms with Crippen molar-refractivity contribution in [1.29, 1.82) is 0 Å². The van der Waals surface area contributed by atoms with Crippen molar-refractivity contribution in [3.63, 3.8) is 0 Å². The van der Waals surface area contributed by atoms with Gasteiger partial charge in [0, 0.05) is 38.2 Å². The summed E-state index contributed by atoms with van der Waals surface area (Å²) in [6.45, 7) is 4.02. The molecule has 1 aromatic rings. The van der Waals surface area contributed by atoms with E-state index in [2.05, 4.69) is 10.6 Å². The Morgan fingerprint density at radius 2 is 1.88 bits per heavy atom. The van der Waals surface area contributed by atoms with E-state index in [4.69, 9.17) is 0 Å². The van der Waals surface area contributed by atoms with Crippen LogP contribution in [-0.4, -0.2) is 43.0 Å². The van der Waals surface area contributed by atoms with Crippen LogP contribution >= 0.6 is 0 Å². The molecular weight excluding hydrogens is 328 g/mol. The van der Waals surface area contributed by atoms with E-state index in [0.29, 0.717) is 44.5 Å². The fourth-order valence-corrected chi connectivity index (χ4v) is 2.88. The van der Waals surface area contributed by atoms with Crippen LogP contribution in [-0.2, 0) is 11.2 Å². The highest BCUT2D eigenvalue weighted by Gasteiger charge is 2.26. The van der Waals surface area contributed by atoms with E-state index >= 15 is 0 Å². The third kappa shape index (κ3) is 5.69. The zero-order chi connectivity index (χ0) is 18.2. The molecule has 0 saturated carbocycles. The predicted octanol–water partition coefficient (Wildman–Crippen LogP) is 2.46. The van der Waals surface area contributed by atoms with Crippen LogP contribution in [0, 0.1) is 17.6 Å². The Labute approximate surface area is 146 Å². The number of hydrogen-bond donors (Lipinski definition) is 2. The number of amides is 3. The molecule has 0 spiro atoms.